The van der Waals surface area contributed by atoms with Crippen molar-refractivity contribution in [3.63, 3.8) is 0 Å². The van der Waals surface area contributed by atoms with Crippen LogP contribution in [0.1, 0.15) is 27.2 Å². The van der Waals surface area contributed by atoms with Gasteiger partial charge in [-0.15, -0.1) is 0 Å². The summed E-state index contributed by atoms with van der Waals surface area (Å²) < 4.78 is 0. The van der Waals surface area contributed by atoms with Crippen LogP contribution in [0.5, 0.6) is 0 Å². The fourth-order valence-electron chi connectivity index (χ4n) is 3.56. The van der Waals surface area contributed by atoms with Crippen LogP contribution in [0.4, 0.5) is 0 Å². The minimum atomic E-state index is -0.305. The quantitative estimate of drug-likeness (QED) is 0.514. The van der Waals surface area contributed by atoms with Gasteiger partial charge in [0.15, 0.2) is 0 Å². The van der Waals surface area contributed by atoms with Gasteiger partial charge < -0.3 is 15.3 Å². The summed E-state index contributed by atoms with van der Waals surface area (Å²) in [5.41, 5.74) is 4.35. The third-order valence-corrected chi connectivity index (χ3v) is 4.90. The highest BCUT2D eigenvalue weighted by molar-refractivity contribution is 6.05. The van der Waals surface area contributed by atoms with E-state index in [2.05, 4.69) is 21.4 Å². The molecule has 0 aliphatic carbocycles. The predicted molar refractivity (Wildman–Crippen MR) is 108 cm³/mol. The summed E-state index contributed by atoms with van der Waals surface area (Å²) in [5.74, 6) is -0.280. The molecule has 28 heavy (non-hydrogen) atoms. The Balaban J connectivity index is 1.56. The van der Waals surface area contributed by atoms with E-state index in [-0.39, 0.29) is 11.5 Å². The fourth-order valence-corrected chi connectivity index (χ4v) is 3.56. The Morgan fingerprint density at radius 2 is 1.86 bits per heavy atom. The molecule has 2 heterocycles. The second kappa shape index (κ2) is 7.05. The summed E-state index contributed by atoms with van der Waals surface area (Å²) >= 11 is 0. The van der Waals surface area contributed by atoms with Gasteiger partial charge in [-0.05, 0) is 43.2 Å². The largest absolute Gasteiger partial charge is 0.358 e. The number of carbonyl (C=O) groups is 1. The average Bonchev–Trinajstić information content (AvgIpc) is 3.01. The van der Waals surface area contributed by atoms with Gasteiger partial charge in [-0.25, -0.2) is 0 Å². The molecule has 138 valence electrons. The van der Waals surface area contributed by atoms with E-state index in [1.807, 2.05) is 37.3 Å². The van der Waals surface area contributed by atoms with Gasteiger partial charge in [0, 0.05) is 40.1 Å². The first-order valence-electron chi connectivity index (χ1n) is 8.98. The number of nitrogens with one attached hydrogen (secondary N) is 3. The van der Waals surface area contributed by atoms with E-state index in [9.17, 15) is 9.59 Å². The molecule has 3 N–H and O–H groups in total. The number of nitriles is 1. The molecule has 0 aliphatic heterocycles. The highest BCUT2D eigenvalue weighted by Gasteiger charge is 2.13. The highest BCUT2D eigenvalue weighted by Crippen LogP contribution is 2.23. The number of pyridine rings is 1. The number of nitrogens with zero attached hydrogens (tertiary/aromatic N) is 1. The number of benzene rings is 2. The van der Waals surface area contributed by atoms with Crippen molar-refractivity contribution in [1.82, 2.24) is 15.3 Å². The summed E-state index contributed by atoms with van der Waals surface area (Å²) in [5, 5.41) is 13.7. The molecule has 0 atom stereocenters. The second-order valence-corrected chi connectivity index (χ2v) is 6.70. The molecule has 0 saturated carbocycles. The lowest BCUT2D eigenvalue weighted by Gasteiger charge is -2.08. The van der Waals surface area contributed by atoms with E-state index in [1.165, 1.54) is 6.07 Å². The second-order valence-electron chi connectivity index (χ2n) is 6.70. The molecule has 0 fully saturated rings. The summed E-state index contributed by atoms with van der Waals surface area (Å²) in [6.07, 6.45) is 0.619. The number of hydrogen-bond acceptors (Lipinski definition) is 3. The number of rotatable bonds is 4. The van der Waals surface area contributed by atoms with Crippen molar-refractivity contribution >= 4 is 27.7 Å². The number of aromatic amines is 2. The number of hydrogen-bond donors (Lipinski definition) is 3. The van der Waals surface area contributed by atoms with Gasteiger partial charge in [0.25, 0.3) is 5.91 Å². The van der Waals surface area contributed by atoms with Gasteiger partial charge in [0.1, 0.15) is 0 Å². The van der Waals surface area contributed by atoms with E-state index in [0.717, 1.165) is 22.2 Å². The van der Waals surface area contributed by atoms with Gasteiger partial charge in [-0.1, -0.05) is 18.2 Å². The van der Waals surface area contributed by atoms with Crippen LogP contribution in [-0.2, 0) is 6.42 Å². The molecule has 0 radical (unpaired) electrons. The number of aryl methyl sites for hydroxylation is 1. The third kappa shape index (κ3) is 3.14. The van der Waals surface area contributed by atoms with Gasteiger partial charge in [-0.3, -0.25) is 9.59 Å². The Bertz CT molecular complexity index is 1310. The fraction of sp³-hybridized carbons (Fsp3) is 0.136. The maximum absolute atomic E-state index is 12.7. The van der Waals surface area contributed by atoms with Crippen molar-refractivity contribution in [2.45, 2.75) is 13.3 Å². The molecule has 6 heteroatoms. The normalized spacial score (nSPS) is 10.9. The highest BCUT2D eigenvalue weighted by atomic mass is 16.2. The van der Waals surface area contributed by atoms with Crippen LogP contribution in [0.15, 0.2) is 53.3 Å². The number of para-hydroxylation sites is 1. The van der Waals surface area contributed by atoms with E-state index >= 15 is 0 Å². The topological polar surface area (TPSA) is 102 Å². The third-order valence-electron chi connectivity index (χ3n) is 4.90. The van der Waals surface area contributed by atoms with Crippen molar-refractivity contribution in [1.29, 1.82) is 5.26 Å². The zero-order chi connectivity index (χ0) is 19.7. The molecule has 0 aliphatic rings. The van der Waals surface area contributed by atoms with Crippen molar-refractivity contribution in [2.24, 2.45) is 0 Å². The maximum Gasteiger partial charge on any atom is 0.252 e. The van der Waals surface area contributed by atoms with Crippen molar-refractivity contribution in [3.8, 4) is 6.07 Å². The van der Waals surface area contributed by atoms with E-state index in [4.69, 9.17) is 5.26 Å². The molecular formula is C22H18N4O2. The SMILES string of the molecule is Cc1[nH]c2ccc(C#N)cc2c1CCNC(=O)c1cc(=O)[nH]c2ccccc12. The number of fused-ring (bicyclic) bond motifs is 2. The number of amides is 1. The molecule has 1 amide bonds. The van der Waals surface area contributed by atoms with Gasteiger partial charge >= 0.3 is 0 Å². The summed E-state index contributed by atoms with van der Waals surface area (Å²) in [4.78, 5) is 30.6. The molecule has 2 aromatic carbocycles. The lowest BCUT2D eigenvalue weighted by atomic mass is 10.1. The monoisotopic (exact) mass is 370 g/mol. The molecule has 4 aromatic rings. The summed E-state index contributed by atoms with van der Waals surface area (Å²) in [6.45, 7) is 2.40. The van der Waals surface area contributed by atoms with Crippen LogP contribution >= 0.6 is 0 Å². The van der Waals surface area contributed by atoms with E-state index < -0.39 is 0 Å². The van der Waals surface area contributed by atoms with Crippen LogP contribution in [0.3, 0.4) is 0 Å². The first-order chi connectivity index (χ1) is 13.6. The van der Waals surface area contributed by atoms with Crippen molar-refractivity contribution < 1.29 is 4.79 Å². The Kier molecular flexibility index (Phi) is 4.42. The first-order valence-corrected chi connectivity index (χ1v) is 8.98. The Morgan fingerprint density at radius 1 is 1.07 bits per heavy atom. The van der Waals surface area contributed by atoms with Crippen LogP contribution < -0.4 is 10.9 Å². The number of H-pyrrole nitrogens is 2. The number of carbonyl (C=O) groups excluding carboxylic acids is 1. The molecule has 0 saturated heterocycles. The summed E-state index contributed by atoms with van der Waals surface area (Å²) in [7, 11) is 0. The van der Waals surface area contributed by atoms with E-state index in [0.29, 0.717) is 35.0 Å². The van der Waals surface area contributed by atoms with Crippen molar-refractivity contribution in [2.75, 3.05) is 6.54 Å². The van der Waals surface area contributed by atoms with Gasteiger partial charge in [0.2, 0.25) is 5.56 Å². The standard InChI is InChI=1S/C22H18N4O2/c1-13-15(17-10-14(12-23)6-7-20(17)25-13)8-9-24-22(28)18-11-21(27)26-19-5-3-2-4-16(18)19/h2-7,10-11,25H,8-9H2,1H3,(H,24,28)(H,26,27). The maximum atomic E-state index is 12.7. The Morgan fingerprint density at radius 3 is 2.68 bits per heavy atom. The zero-order valence-electron chi connectivity index (χ0n) is 15.3. The van der Waals surface area contributed by atoms with Gasteiger partial charge in [-0.2, -0.15) is 5.26 Å². The van der Waals surface area contributed by atoms with E-state index in [1.54, 1.807) is 12.1 Å². The lowest BCUT2D eigenvalue weighted by molar-refractivity contribution is 0.0955. The molecule has 0 bridgehead atoms. The van der Waals surface area contributed by atoms with Crippen LogP contribution in [0.25, 0.3) is 21.8 Å². The first kappa shape index (κ1) is 17.6. The Labute approximate surface area is 160 Å². The molecular weight excluding hydrogens is 352 g/mol. The lowest BCUT2D eigenvalue weighted by Crippen LogP contribution is -2.27. The van der Waals surface area contributed by atoms with Gasteiger partial charge in [0.05, 0.1) is 17.2 Å². The molecule has 2 aromatic heterocycles. The van der Waals surface area contributed by atoms with Crippen molar-refractivity contribution in [3.05, 3.63) is 81.3 Å². The minimum absolute atomic E-state index is 0.280. The predicted octanol–water partition coefficient (Wildman–Crippen LogP) is 3.16. The molecule has 0 spiro atoms. The average molecular weight is 370 g/mol. The summed E-state index contributed by atoms with van der Waals surface area (Å²) in [6, 6.07) is 16.3. The Hall–Kier alpha value is -3.85. The smallest absolute Gasteiger partial charge is 0.252 e. The zero-order valence-corrected chi connectivity index (χ0v) is 15.3. The minimum Gasteiger partial charge on any atom is -0.358 e. The van der Waals surface area contributed by atoms with Crippen LogP contribution in [-0.4, -0.2) is 22.4 Å². The number of aromatic nitrogens is 2. The van der Waals surface area contributed by atoms with Crippen LogP contribution in [0.2, 0.25) is 0 Å². The molecule has 0 unspecified atom stereocenters. The molecule has 6 nitrogen and oxygen atoms in total. The molecule has 4 rings (SSSR count). The van der Waals surface area contributed by atoms with Crippen LogP contribution in [0, 0.1) is 18.3 Å².